The SMILES string of the molecule is CC(=O)C(=O)OCCC1(Br)CCC1. The van der Waals surface area contributed by atoms with Crippen molar-refractivity contribution >= 4 is 27.7 Å². The summed E-state index contributed by atoms with van der Waals surface area (Å²) in [6.45, 7) is 1.55. The van der Waals surface area contributed by atoms with E-state index in [1.165, 1.54) is 13.3 Å². The van der Waals surface area contributed by atoms with Gasteiger partial charge in [0.1, 0.15) is 0 Å². The number of ether oxygens (including phenoxy) is 1. The van der Waals surface area contributed by atoms with Crippen LogP contribution in [0.4, 0.5) is 0 Å². The molecule has 13 heavy (non-hydrogen) atoms. The van der Waals surface area contributed by atoms with Crippen LogP contribution in [-0.4, -0.2) is 22.7 Å². The third-order valence-corrected chi connectivity index (χ3v) is 3.51. The van der Waals surface area contributed by atoms with Crippen LogP contribution in [0.3, 0.4) is 0 Å². The molecule has 1 saturated carbocycles. The topological polar surface area (TPSA) is 43.4 Å². The Morgan fingerprint density at radius 2 is 2.08 bits per heavy atom. The number of halogens is 1. The van der Waals surface area contributed by atoms with Crippen LogP contribution in [-0.2, 0) is 14.3 Å². The summed E-state index contributed by atoms with van der Waals surface area (Å²) in [6.07, 6.45) is 4.28. The molecule has 0 radical (unpaired) electrons. The summed E-state index contributed by atoms with van der Waals surface area (Å²) in [5.74, 6) is -1.26. The number of rotatable bonds is 4. The van der Waals surface area contributed by atoms with Gasteiger partial charge in [0, 0.05) is 11.2 Å². The zero-order chi connectivity index (χ0) is 9.90. The molecule has 0 bridgehead atoms. The maximum absolute atomic E-state index is 10.7. The molecular weight excluding hydrogens is 236 g/mol. The van der Waals surface area contributed by atoms with E-state index in [0.29, 0.717) is 6.61 Å². The first kappa shape index (κ1) is 10.7. The second-order valence-electron chi connectivity index (χ2n) is 3.45. The molecule has 74 valence electrons. The van der Waals surface area contributed by atoms with Crippen molar-refractivity contribution in [3.05, 3.63) is 0 Å². The van der Waals surface area contributed by atoms with Gasteiger partial charge in [-0.1, -0.05) is 22.4 Å². The van der Waals surface area contributed by atoms with Gasteiger partial charge >= 0.3 is 5.97 Å². The Bertz CT molecular complexity index is 221. The molecule has 1 fully saturated rings. The fraction of sp³-hybridized carbons (Fsp3) is 0.778. The molecular formula is C9H13BrO3. The van der Waals surface area contributed by atoms with E-state index in [4.69, 9.17) is 4.74 Å². The van der Waals surface area contributed by atoms with Gasteiger partial charge in [-0.25, -0.2) is 4.79 Å². The lowest BCUT2D eigenvalue weighted by Crippen LogP contribution is -2.31. The average Bonchev–Trinajstić information content (AvgIpc) is 2.01. The predicted molar refractivity (Wildman–Crippen MR) is 51.8 cm³/mol. The quantitative estimate of drug-likeness (QED) is 0.433. The van der Waals surface area contributed by atoms with Crippen molar-refractivity contribution in [2.45, 2.75) is 36.9 Å². The van der Waals surface area contributed by atoms with Crippen LogP contribution in [0.5, 0.6) is 0 Å². The summed E-state index contributed by atoms with van der Waals surface area (Å²) in [4.78, 5) is 21.2. The van der Waals surface area contributed by atoms with Crippen LogP contribution >= 0.6 is 15.9 Å². The highest BCUT2D eigenvalue weighted by molar-refractivity contribution is 9.10. The predicted octanol–water partition coefficient (Wildman–Crippen LogP) is 1.83. The van der Waals surface area contributed by atoms with Crippen molar-refractivity contribution in [2.75, 3.05) is 6.61 Å². The molecule has 0 aromatic heterocycles. The van der Waals surface area contributed by atoms with Gasteiger partial charge in [-0.05, 0) is 19.3 Å². The Kier molecular flexibility index (Phi) is 3.47. The van der Waals surface area contributed by atoms with Gasteiger partial charge in [-0.2, -0.15) is 0 Å². The number of carbonyl (C=O) groups excluding carboxylic acids is 2. The molecule has 0 aromatic carbocycles. The van der Waals surface area contributed by atoms with Gasteiger partial charge < -0.3 is 4.74 Å². The van der Waals surface area contributed by atoms with Gasteiger partial charge in [-0.15, -0.1) is 0 Å². The summed E-state index contributed by atoms with van der Waals surface area (Å²) in [6, 6.07) is 0. The number of alkyl halides is 1. The average molecular weight is 249 g/mol. The zero-order valence-electron chi connectivity index (χ0n) is 7.64. The van der Waals surface area contributed by atoms with E-state index in [2.05, 4.69) is 15.9 Å². The second-order valence-corrected chi connectivity index (χ2v) is 5.13. The molecule has 0 aromatic rings. The Morgan fingerprint density at radius 1 is 1.46 bits per heavy atom. The van der Waals surface area contributed by atoms with E-state index in [1.807, 2.05) is 0 Å². The Balaban J connectivity index is 2.13. The molecule has 0 unspecified atom stereocenters. The van der Waals surface area contributed by atoms with Gasteiger partial charge in [-0.3, -0.25) is 4.79 Å². The minimum atomic E-state index is -0.726. The molecule has 0 heterocycles. The van der Waals surface area contributed by atoms with Crippen LogP contribution in [0.15, 0.2) is 0 Å². The number of esters is 1. The lowest BCUT2D eigenvalue weighted by molar-refractivity contribution is -0.153. The number of Topliss-reactive ketones (excluding diaryl/α,β-unsaturated/α-hetero) is 1. The van der Waals surface area contributed by atoms with Crippen molar-refractivity contribution in [2.24, 2.45) is 0 Å². The third kappa shape index (κ3) is 3.10. The number of carbonyl (C=O) groups is 2. The van der Waals surface area contributed by atoms with E-state index >= 15 is 0 Å². The van der Waals surface area contributed by atoms with Gasteiger partial charge in [0.15, 0.2) is 0 Å². The molecule has 0 atom stereocenters. The number of hydrogen-bond donors (Lipinski definition) is 0. The van der Waals surface area contributed by atoms with E-state index in [0.717, 1.165) is 19.3 Å². The third-order valence-electron chi connectivity index (χ3n) is 2.32. The first-order chi connectivity index (χ1) is 6.03. The smallest absolute Gasteiger partial charge is 0.374 e. The summed E-state index contributed by atoms with van der Waals surface area (Å²) in [5, 5.41) is 0. The minimum absolute atomic E-state index is 0.171. The number of ketones is 1. The highest BCUT2D eigenvalue weighted by atomic mass is 79.9. The molecule has 4 heteroatoms. The summed E-state index contributed by atoms with van der Waals surface area (Å²) < 4.78 is 4.93. The Labute approximate surface area is 86.0 Å². The molecule has 0 amide bonds. The Hall–Kier alpha value is -0.380. The lowest BCUT2D eigenvalue weighted by Gasteiger charge is -2.35. The molecule has 0 N–H and O–H groups in total. The van der Waals surface area contributed by atoms with E-state index in [-0.39, 0.29) is 4.32 Å². The van der Waals surface area contributed by atoms with Gasteiger partial charge in [0.25, 0.3) is 0 Å². The monoisotopic (exact) mass is 248 g/mol. The van der Waals surface area contributed by atoms with Crippen LogP contribution in [0.25, 0.3) is 0 Å². The second kappa shape index (κ2) is 4.22. The van der Waals surface area contributed by atoms with Crippen LogP contribution in [0.1, 0.15) is 32.6 Å². The summed E-state index contributed by atoms with van der Waals surface area (Å²) in [7, 11) is 0. The Morgan fingerprint density at radius 3 is 2.46 bits per heavy atom. The van der Waals surface area contributed by atoms with Crippen molar-refractivity contribution in [1.29, 1.82) is 0 Å². The molecule has 0 aliphatic heterocycles. The number of hydrogen-bond acceptors (Lipinski definition) is 3. The lowest BCUT2D eigenvalue weighted by atomic mass is 9.83. The highest BCUT2D eigenvalue weighted by Crippen LogP contribution is 2.42. The van der Waals surface area contributed by atoms with Crippen LogP contribution in [0.2, 0.25) is 0 Å². The van der Waals surface area contributed by atoms with Crippen molar-refractivity contribution in [3.8, 4) is 0 Å². The summed E-state index contributed by atoms with van der Waals surface area (Å²) in [5.41, 5.74) is 0. The molecule has 1 aliphatic carbocycles. The zero-order valence-corrected chi connectivity index (χ0v) is 9.22. The maximum Gasteiger partial charge on any atom is 0.374 e. The molecule has 1 rings (SSSR count). The molecule has 3 nitrogen and oxygen atoms in total. The maximum atomic E-state index is 10.7. The van der Waals surface area contributed by atoms with E-state index in [1.54, 1.807) is 0 Å². The standard InChI is InChI=1S/C9H13BrO3/c1-7(11)8(12)13-6-5-9(10)3-2-4-9/h2-6H2,1H3. The minimum Gasteiger partial charge on any atom is -0.460 e. The van der Waals surface area contributed by atoms with E-state index in [9.17, 15) is 9.59 Å². The van der Waals surface area contributed by atoms with E-state index < -0.39 is 11.8 Å². The summed E-state index contributed by atoms with van der Waals surface area (Å²) >= 11 is 3.58. The highest BCUT2D eigenvalue weighted by Gasteiger charge is 2.33. The fourth-order valence-corrected chi connectivity index (χ4v) is 1.96. The van der Waals surface area contributed by atoms with Gasteiger partial charge in [0.05, 0.1) is 6.61 Å². The van der Waals surface area contributed by atoms with Gasteiger partial charge in [0.2, 0.25) is 5.78 Å². The van der Waals surface area contributed by atoms with Crippen molar-refractivity contribution in [1.82, 2.24) is 0 Å². The van der Waals surface area contributed by atoms with Crippen molar-refractivity contribution in [3.63, 3.8) is 0 Å². The normalized spacial score (nSPS) is 18.9. The first-order valence-electron chi connectivity index (χ1n) is 4.40. The van der Waals surface area contributed by atoms with Crippen molar-refractivity contribution < 1.29 is 14.3 Å². The largest absolute Gasteiger partial charge is 0.460 e. The molecule has 1 aliphatic rings. The molecule has 0 spiro atoms. The first-order valence-corrected chi connectivity index (χ1v) is 5.19. The van der Waals surface area contributed by atoms with Crippen LogP contribution < -0.4 is 0 Å². The molecule has 0 saturated heterocycles. The van der Waals surface area contributed by atoms with Crippen LogP contribution in [0, 0.1) is 0 Å². The fourth-order valence-electron chi connectivity index (χ4n) is 1.24.